The van der Waals surface area contributed by atoms with E-state index in [0.717, 1.165) is 0 Å². The molecule has 0 heterocycles. The zero-order valence-electron chi connectivity index (χ0n) is 13.9. The topological polar surface area (TPSA) is 55.4 Å². The minimum absolute atomic E-state index is 0.595. The first kappa shape index (κ1) is 22.2. The highest BCUT2D eigenvalue weighted by atomic mass is 28.4. The molecule has 20 heavy (non-hydrogen) atoms. The van der Waals surface area contributed by atoms with Gasteiger partial charge in [0.05, 0.1) is 0 Å². The Labute approximate surface area is 125 Å². The normalized spacial score (nSPS) is 11.8. The van der Waals surface area contributed by atoms with E-state index in [-0.39, 0.29) is 0 Å². The molecule has 0 rings (SSSR count). The Kier molecular flexibility index (Phi) is 14.1. The van der Waals surface area contributed by atoms with E-state index in [2.05, 4.69) is 6.58 Å². The van der Waals surface area contributed by atoms with E-state index in [9.17, 15) is 0 Å². The molecule has 0 aliphatic heterocycles. The van der Waals surface area contributed by atoms with Crippen LogP contribution in [-0.2, 0) is 26.6 Å². The second-order valence-corrected chi connectivity index (χ2v) is 9.01. The maximum atomic E-state index is 5.44. The molecular weight excluding hydrogens is 296 g/mol. The molecule has 6 nitrogen and oxygen atoms in total. The fourth-order valence-electron chi connectivity index (χ4n) is 1.16. The quantitative estimate of drug-likeness (QED) is 0.574. The van der Waals surface area contributed by atoms with Crippen LogP contribution in [0.15, 0.2) is 12.3 Å². The lowest BCUT2D eigenvalue weighted by Gasteiger charge is -2.24. The average Bonchev–Trinajstić information content (AvgIpc) is 2.48. The molecule has 0 unspecified atom stereocenters. The van der Waals surface area contributed by atoms with E-state index in [1.54, 1.807) is 27.0 Å². The largest absolute Gasteiger partial charge is 0.528 e. The third-order valence-electron chi connectivity index (χ3n) is 2.40. The van der Waals surface area contributed by atoms with Crippen molar-refractivity contribution in [2.24, 2.45) is 0 Å². The van der Waals surface area contributed by atoms with Crippen LogP contribution in [0.4, 0.5) is 0 Å². The van der Waals surface area contributed by atoms with Gasteiger partial charge in [-0.15, -0.1) is 0 Å². The maximum absolute atomic E-state index is 5.44. The van der Waals surface area contributed by atoms with Crippen LogP contribution >= 0.6 is 0 Å². The third-order valence-corrected chi connectivity index (χ3v) is 7.20. The van der Waals surface area contributed by atoms with Crippen molar-refractivity contribution in [3.8, 4) is 0 Å². The van der Waals surface area contributed by atoms with Crippen molar-refractivity contribution < 1.29 is 26.6 Å². The Balaban J connectivity index is 0. The van der Waals surface area contributed by atoms with E-state index < -0.39 is 17.6 Å². The van der Waals surface area contributed by atoms with Gasteiger partial charge in [-0.3, -0.25) is 0 Å². The minimum Gasteiger partial charge on any atom is -0.377 e. The Bertz CT molecular complexity index is 211. The number of rotatable bonds is 10. The minimum atomic E-state index is -2.51. The van der Waals surface area contributed by atoms with Gasteiger partial charge in [-0.2, -0.15) is 0 Å². The molecule has 0 fully saturated rings. The Morgan fingerprint density at radius 2 is 1.10 bits per heavy atom. The Morgan fingerprint density at radius 1 is 0.800 bits per heavy atom. The monoisotopic (exact) mass is 326 g/mol. The van der Waals surface area contributed by atoms with Crippen LogP contribution < -0.4 is 0 Å². The van der Waals surface area contributed by atoms with Gasteiger partial charge in [0, 0.05) is 47.7 Å². The van der Waals surface area contributed by atoms with Crippen LogP contribution in [0, 0.1) is 0 Å². The van der Waals surface area contributed by atoms with Crippen molar-refractivity contribution in [1.82, 2.24) is 0 Å². The molecule has 0 amide bonds. The van der Waals surface area contributed by atoms with E-state index in [4.69, 9.17) is 26.6 Å². The van der Waals surface area contributed by atoms with Crippen LogP contribution in [0.3, 0.4) is 0 Å². The van der Waals surface area contributed by atoms with Crippen molar-refractivity contribution in [3.63, 3.8) is 0 Å². The summed E-state index contributed by atoms with van der Waals surface area (Å²) in [6, 6.07) is 0. The predicted octanol–water partition coefficient (Wildman–Crippen LogP) is 2.25. The highest BCUT2D eigenvalue weighted by Gasteiger charge is 2.36. The average molecular weight is 327 g/mol. The maximum Gasteiger partial charge on any atom is 0.528 e. The molecule has 0 aromatic heterocycles. The smallest absolute Gasteiger partial charge is 0.377 e. The molecular formula is C12H30O6Si2. The lowest BCUT2D eigenvalue weighted by molar-refractivity contribution is 0.0844. The highest BCUT2D eigenvalue weighted by Crippen LogP contribution is 2.10. The summed E-state index contributed by atoms with van der Waals surface area (Å²) < 4.78 is 31.1. The lowest BCUT2D eigenvalue weighted by atomic mass is 10.9. The van der Waals surface area contributed by atoms with E-state index in [1.165, 1.54) is 0 Å². The standard InChI is InChI=1S/C8H18O3Si.C4H12O3Si/c1-5-9-12(8-4,10-6-2)11-7-3;1-5-8(4,6-2)7-3/h8H,4-7H2,1-3H3;1-4H3. The van der Waals surface area contributed by atoms with Crippen molar-refractivity contribution in [1.29, 1.82) is 0 Å². The summed E-state index contributed by atoms with van der Waals surface area (Å²) in [5, 5.41) is 0. The van der Waals surface area contributed by atoms with Crippen LogP contribution in [-0.4, -0.2) is 58.8 Å². The SMILES string of the molecule is C=C[Si](OCC)(OCC)OCC.CO[Si](C)(OC)OC. The second kappa shape index (κ2) is 12.7. The molecule has 8 heteroatoms. The molecule has 0 aromatic rings. The van der Waals surface area contributed by atoms with Crippen LogP contribution in [0.1, 0.15) is 20.8 Å². The first-order chi connectivity index (χ1) is 9.42. The fraction of sp³-hybridized carbons (Fsp3) is 0.833. The van der Waals surface area contributed by atoms with Gasteiger partial charge in [0.25, 0.3) is 0 Å². The van der Waals surface area contributed by atoms with Crippen molar-refractivity contribution in [2.45, 2.75) is 27.3 Å². The summed E-state index contributed by atoms with van der Waals surface area (Å²) >= 11 is 0. The first-order valence-electron chi connectivity index (χ1n) is 6.63. The second-order valence-electron chi connectivity index (χ2n) is 3.58. The molecule has 122 valence electrons. The van der Waals surface area contributed by atoms with Gasteiger partial charge in [-0.05, 0) is 26.5 Å². The summed E-state index contributed by atoms with van der Waals surface area (Å²) in [6.07, 6.45) is 0. The van der Waals surface area contributed by atoms with Crippen molar-refractivity contribution in [3.05, 3.63) is 12.3 Å². The highest BCUT2D eigenvalue weighted by molar-refractivity contribution is 6.66. The van der Waals surface area contributed by atoms with Gasteiger partial charge in [0.15, 0.2) is 0 Å². The summed E-state index contributed by atoms with van der Waals surface area (Å²) in [7, 11) is 0.0708. The summed E-state index contributed by atoms with van der Waals surface area (Å²) in [5.41, 5.74) is 1.67. The zero-order valence-corrected chi connectivity index (χ0v) is 15.9. The molecule has 0 spiro atoms. The number of hydrogen-bond acceptors (Lipinski definition) is 6. The lowest BCUT2D eigenvalue weighted by Crippen LogP contribution is -2.44. The molecule has 0 N–H and O–H groups in total. The number of hydrogen-bond donors (Lipinski definition) is 0. The molecule has 0 aliphatic rings. The van der Waals surface area contributed by atoms with Gasteiger partial charge in [-0.25, -0.2) is 0 Å². The van der Waals surface area contributed by atoms with E-state index in [0.29, 0.717) is 19.8 Å². The van der Waals surface area contributed by atoms with Crippen LogP contribution in [0.2, 0.25) is 6.55 Å². The summed E-state index contributed by atoms with van der Waals surface area (Å²) in [4.78, 5) is 0. The molecule has 0 aliphatic carbocycles. The first-order valence-corrected chi connectivity index (χ1v) is 10.7. The van der Waals surface area contributed by atoms with Crippen LogP contribution in [0.25, 0.3) is 0 Å². The Hall–Kier alpha value is -0.0662. The van der Waals surface area contributed by atoms with Gasteiger partial charge in [0.2, 0.25) is 0 Å². The fourth-order valence-corrected chi connectivity index (χ4v) is 3.47. The zero-order chi connectivity index (χ0) is 16.1. The molecule has 0 bridgehead atoms. The molecule has 0 aromatic carbocycles. The van der Waals surface area contributed by atoms with Gasteiger partial charge < -0.3 is 26.6 Å². The van der Waals surface area contributed by atoms with Crippen molar-refractivity contribution in [2.75, 3.05) is 41.2 Å². The van der Waals surface area contributed by atoms with Gasteiger partial charge in [0.1, 0.15) is 0 Å². The van der Waals surface area contributed by atoms with Crippen LogP contribution in [0.5, 0.6) is 0 Å². The molecule has 0 atom stereocenters. The molecule has 0 saturated heterocycles. The van der Waals surface area contributed by atoms with Gasteiger partial charge >= 0.3 is 17.6 Å². The Morgan fingerprint density at radius 3 is 1.20 bits per heavy atom. The summed E-state index contributed by atoms with van der Waals surface area (Å²) in [5.74, 6) is 0. The summed E-state index contributed by atoms with van der Waals surface area (Å²) in [6.45, 7) is 13.0. The van der Waals surface area contributed by atoms with E-state index >= 15 is 0 Å². The predicted molar refractivity (Wildman–Crippen MR) is 83.5 cm³/mol. The third kappa shape index (κ3) is 8.98. The van der Waals surface area contributed by atoms with Crippen molar-refractivity contribution >= 4 is 17.6 Å². The molecule has 0 saturated carbocycles. The molecule has 0 radical (unpaired) electrons. The van der Waals surface area contributed by atoms with Gasteiger partial charge in [-0.1, -0.05) is 6.58 Å². The van der Waals surface area contributed by atoms with E-state index in [1.807, 2.05) is 27.3 Å².